The average molecular weight is 363 g/mol. The zero-order chi connectivity index (χ0) is 17.8. The van der Waals surface area contributed by atoms with Crippen molar-refractivity contribution in [1.29, 1.82) is 0 Å². The summed E-state index contributed by atoms with van der Waals surface area (Å²) in [5.41, 5.74) is 0. The van der Waals surface area contributed by atoms with Gasteiger partial charge in [-0.1, -0.05) is 20.8 Å². The van der Waals surface area contributed by atoms with Crippen LogP contribution in [0.4, 0.5) is 0 Å². The Morgan fingerprint density at radius 3 is 1.96 bits per heavy atom. The molecule has 23 heavy (non-hydrogen) atoms. The molecule has 0 aliphatic carbocycles. The van der Waals surface area contributed by atoms with Crippen LogP contribution >= 0.6 is 0 Å². The molecule has 0 saturated heterocycles. The quantitative estimate of drug-likeness (QED) is 0.718. The van der Waals surface area contributed by atoms with Gasteiger partial charge in [0.05, 0.1) is 15.5 Å². The van der Waals surface area contributed by atoms with E-state index in [1.165, 1.54) is 12.1 Å². The van der Waals surface area contributed by atoms with Crippen LogP contribution in [0, 0.1) is 5.92 Å². The van der Waals surface area contributed by atoms with Crippen LogP contribution in [0.2, 0.25) is 0 Å². The van der Waals surface area contributed by atoms with Crippen LogP contribution in [0.1, 0.15) is 27.2 Å². The minimum Gasteiger partial charge on any atom is -0.480 e. The Kier molecular flexibility index (Phi) is 6.32. The Balaban J connectivity index is 3.09. The summed E-state index contributed by atoms with van der Waals surface area (Å²) in [6.45, 7) is 4.90. The van der Waals surface area contributed by atoms with Crippen molar-refractivity contribution in [2.24, 2.45) is 5.92 Å². The van der Waals surface area contributed by atoms with Gasteiger partial charge in [-0.3, -0.25) is 4.79 Å². The molecule has 0 spiro atoms. The lowest BCUT2D eigenvalue weighted by Gasteiger charge is -2.18. The van der Waals surface area contributed by atoms with E-state index < -0.39 is 37.8 Å². The Bertz CT molecular complexity index is 751. The molecule has 0 bridgehead atoms. The molecule has 0 aliphatic rings. The Morgan fingerprint density at radius 2 is 1.57 bits per heavy atom. The first-order chi connectivity index (χ1) is 10.5. The molecule has 0 aliphatic heterocycles. The molecule has 1 rings (SSSR count). The zero-order valence-corrected chi connectivity index (χ0v) is 14.8. The van der Waals surface area contributed by atoms with Gasteiger partial charge in [0.25, 0.3) is 0 Å². The average Bonchev–Trinajstić information content (AvgIpc) is 2.44. The highest BCUT2D eigenvalue weighted by Crippen LogP contribution is 2.17. The van der Waals surface area contributed by atoms with E-state index in [9.17, 15) is 21.6 Å². The summed E-state index contributed by atoms with van der Waals surface area (Å²) in [6.07, 6.45) is 0.457. The molecule has 0 fully saturated rings. The van der Waals surface area contributed by atoms with Crippen molar-refractivity contribution in [3.05, 3.63) is 24.3 Å². The largest absolute Gasteiger partial charge is 0.480 e. The molecule has 2 N–H and O–H groups in total. The molecule has 130 valence electrons. The van der Waals surface area contributed by atoms with Gasteiger partial charge in [0.1, 0.15) is 6.04 Å². The Hall–Kier alpha value is -1.45. The topological polar surface area (TPSA) is 118 Å². The van der Waals surface area contributed by atoms with Crippen LogP contribution in [0.3, 0.4) is 0 Å². The van der Waals surface area contributed by atoms with Crippen LogP contribution < -0.4 is 4.72 Å². The third-order valence-corrected chi connectivity index (χ3v) is 6.57. The summed E-state index contributed by atoms with van der Waals surface area (Å²) in [7, 11) is -7.48. The molecule has 0 aromatic heterocycles. The fourth-order valence-corrected chi connectivity index (χ4v) is 4.58. The maximum absolute atomic E-state index is 12.2. The molecule has 0 amide bonds. The number of nitrogens with one attached hydrogen (secondary N) is 1. The van der Waals surface area contributed by atoms with Gasteiger partial charge < -0.3 is 5.11 Å². The molecule has 1 atom stereocenters. The first-order valence-electron chi connectivity index (χ1n) is 7.09. The number of aliphatic carboxylic acids is 1. The third-order valence-electron chi connectivity index (χ3n) is 3.18. The number of carboxylic acid groups (broad SMARTS) is 1. The minimum absolute atomic E-state index is 0.0220. The van der Waals surface area contributed by atoms with E-state index in [4.69, 9.17) is 5.11 Å². The number of rotatable bonds is 8. The first kappa shape index (κ1) is 19.6. The van der Waals surface area contributed by atoms with Crippen molar-refractivity contribution in [2.75, 3.05) is 5.75 Å². The van der Waals surface area contributed by atoms with Gasteiger partial charge in [0, 0.05) is 0 Å². The predicted octanol–water partition coefficient (Wildman–Crippen LogP) is 1.26. The van der Waals surface area contributed by atoms with E-state index in [2.05, 4.69) is 4.72 Å². The second-order valence-corrected chi connectivity index (χ2v) is 9.29. The highest BCUT2D eigenvalue weighted by atomic mass is 32.2. The van der Waals surface area contributed by atoms with Crippen LogP contribution in [0.25, 0.3) is 0 Å². The molecule has 0 saturated carbocycles. The third kappa shape index (κ3) is 5.02. The van der Waals surface area contributed by atoms with Crippen LogP contribution in [-0.4, -0.2) is 39.7 Å². The molecule has 1 aromatic carbocycles. The Labute approximate surface area is 136 Å². The number of carbonyl (C=O) groups is 1. The van der Waals surface area contributed by atoms with Crippen LogP contribution in [0.15, 0.2) is 34.1 Å². The lowest BCUT2D eigenvalue weighted by molar-refractivity contribution is -0.140. The number of benzene rings is 1. The SMILES string of the molecule is CCCS(=O)(=O)c1ccc(S(=O)(=O)NC(C(=O)O)C(C)C)cc1. The van der Waals surface area contributed by atoms with Gasteiger partial charge in [-0.15, -0.1) is 0 Å². The molecular weight excluding hydrogens is 342 g/mol. The summed E-state index contributed by atoms with van der Waals surface area (Å²) in [6, 6.07) is 3.48. The number of carboxylic acids is 1. The monoisotopic (exact) mass is 363 g/mol. The second-order valence-electron chi connectivity index (χ2n) is 5.47. The number of hydrogen-bond donors (Lipinski definition) is 2. The van der Waals surface area contributed by atoms with E-state index in [-0.39, 0.29) is 15.5 Å². The standard InChI is InChI=1S/C14H21NO6S2/c1-4-9-22(18,19)11-5-7-12(8-6-11)23(20,21)15-13(10(2)3)14(16)17/h5-8,10,13,15H,4,9H2,1-3H3,(H,16,17). The molecule has 0 radical (unpaired) electrons. The predicted molar refractivity (Wildman–Crippen MR) is 85.4 cm³/mol. The summed E-state index contributed by atoms with van der Waals surface area (Å²) >= 11 is 0. The van der Waals surface area contributed by atoms with E-state index in [0.29, 0.717) is 6.42 Å². The molecule has 7 nitrogen and oxygen atoms in total. The van der Waals surface area contributed by atoms with Crippen molar-refractivity contribution in [1.82, 2.24) is 4.72 Å². The van der Waals surface area contributed by atoms with Gasteiger partial charge in [0.15, 0.2) is 9.84 Å². The number of sulfonamides is 1. The van der Waals surface area contributed by atoms with Crippen molar-refractivity contribution in [2.45, 2.75) is 43.0 Å². The summed E-state index contributed by atoms with van der Waals surface area (Å²) < 4.78 is 50.4. The second kappa shape index (κ2) is 7.41. The summed E-state index contributed by atoms with van der Waals surface area (Å²) in [4.78, 5) is 11.0. The number of sulfone groups is 1. The van der Waals surface area contributed by atoms with Gasteiger partial charge in [-0.25, -0.2) is 16.8 Å². The maximum Gasteiger partial charge on any atom is 0.322 e. The van der Waals surface area contributed by atoms with Gasteiger partial charge in [-0.05, 0) is 36.6 Å². The van der Waals surface area contributed by atoms with Crippen molar-refractivity contribution in [3.8, 4) is 0 Å². The van der Waals surface area contributed by atoms with Crippen molar-refractivity contribution >= 4 is 25.8 Å². The smallest absolute Gasteiger partial charge is 0.322 e. The summed E-state index contributed by atoms with van der Waals surface area (Å²) in [5.74, 6) is -1.73. The minimum atomic E-state index is -4.05. The summed E-state index contributed by atoms with van der Waals surface area (Å²) in [5, 5.41) is 9.06. The highest BCUT2D eigenvalue weighted by Gasteiger charge is 2.28. The zero-order valence-electron chi connectivity index (χ0n) is 13.2. The first-order valence-corrected chi connectivity index (χ1v) is 10.2. The lowest BCUT2D eigenvalue weighted by Crippen LogP contribution is -2.44. The lowest BCUT2D eigenvalue weighted by atomic mass is 10.1. The van der Waals surface area contributed by atoms with E-state index in [1.807, 2.05) is 0 Å². The van der Waals surface area contributed by atoms with Gasteiger partial charge >= 0.3 is 5.97 Å². The highest BCUT2D eigenvalue weighted by molar-refractivity contribution is 7.91. The van der Waals surface area contributed by atoms with Crippen molar-refractivity contribution < 1.29 is 26.7 Å². The van der Waals surface area contributed by atoms with Gasteiger partial charge in [-0.2, -0.15) is 4.72 Å². The van der Waals surface area contributed by atoms with E-state index in [1.54, 1.807) is 20.8 Å². The number of hydrogen-bond acceptors (Lipinski definition) is 5. The van der Waals surface area contributed by atoms with Crippen LogP contribution in [0.5, 0.6) is 0 Å². The van der Waals surface area contributed by atoms with E-state index in [0.717, 1.165) is 12.1 Å². The van der Waals surface area contributed by atoms with E-state index >= 15 is 0 Å². The fraction of sp³-hybridized carbons (Fsp3) is 0.500. The maximum atomic E-state index is 12.2. The molecule has 0 heterocycles. The van der Waals surface area contributed by atoms with Crippen molar-refractivity contribution in [3.63, 3.8) is 0 Å². The fourth-order valence-electron chi connectivity index (χ4n) is 1.92. The van der Waals surface area contributed by atoms with Crippen LogP contribution in [-0.2, 0) is 24.7 Å². The van der Waals surface area contributed by atoms with Gasteiger partial charge in [0.2, 0.25) is 10.0 Å². The molecule has 1 unspecified atom stereocenters. The molecular formula is C14H21NO6S2. The Morgan fingerprint density at radius 1 is 1.09 bits per heavy atom. The molecule has 9 heteroatoms. The normalized spacial score (nSPS) is 13.9. The molecule has 1 aromatic rings.